The Kier molecular flexibility index (Phi) is 3.07. The van der Waals surface area contributed by atoms with Crippen LogP contribution in [-0.4, -0.2) is 17.7 Å². The Balaban J connectivity index is 2.29. The van der Waals surface area contributed by atoms with Gasteiger partial charge in [0.15, 0.2) is 0 Å². The van der Waals surface area contributed by atoms with E-state index in [0.29, 0.717) is 5.88 Å². The molecule has 0 aliphatic carbocycles. The van der Waals surface area contributed by atoms with Crippen LogP contribution in [0.25, 0.3) is 0 Å². The minimum Gasteiger partial charge on any atom is -0.440 e. The van der Waals surface area contributed by atoms with Crippen molar-refractivity contribution in [2.24, 2.45) is 0 Å². The van der Waals surface area contributed by atoms with E-state index in [9.17, 15) is 4.79 Å². The lowest BCUT2D eigenvalue weighted by Crippen LogP contribution is -2.07. The van der Waals surface area contributed by atoms with Gasteiger partial charge in [0.1, 0.15) is 0 Å². The third-order valence-electron chi connectivity index (χ3n) is 1.11. The van der Waals surface area contributed by atoms with E-state index in [-0.39, 0.29) is 12.8 Å². The molecule has 0 saturated heterocycles. The summed E-state index contributed by atoms with van der Waals surface area (Å²) in [5.41, 5.74) is 0. The van der Waals surface area contributed by atoms with Crippen LogP contribution in [0, 0.1) is 0 Å². The molecule has 0 spiro atoms. The van der Waals surface area contributed by atoms with Gasteiger partial charge in [-0.15, -0.1) is 0 Å². The van der Waals surface area contributed by atoms with Crippen LogP contribution in [0.5, 0.6) is 5.88 Å². The largest absolute Gasteiger partial charge is 0.440 e. The van der Waals surface area contributed by atoms with Crippen molar-refractivity contribution >= 4 is 5.97 Å². The normalized spacial score (nSPS) is 9.08. The number of nitrogens with zero attached hydrogens (tertiary/aromatic N) is 1. The van der Waals surface area contributed by atoms with Crippen molar-refractivity contribution in [1.29, 1.82) is 0 Å². The maximum Gasteiger partial charge on any atom is 0.305 e. The van der Waals surface area contributed by atoms with E-state index in [1.807, 2.05) is 0 Å². The lowest BCUT2D eigenvalue weighted by Gasteiger charge is -2.03. The summed E-state index contributed by atoms with van der Waals surface area (Å²) in [6, 6.07) is 5.25. The average molecular weight is 167 g/mol. The molecule has 1 rings (SSSR count). The minimum absolute atomic E-state index is 0.0909. The Labute approximate surface area is 70.1 Å². The average Bonchev–Trinajstić information content (AvgIpc) is 2.05. The van der Waals surface area contributed by atoms with Gasteiger partial charge in [0.25, 0.3) is 0 Å². The number of esters is 1. The molecule has 64 valence electrons. The fourth-order valence-electron chi connectivity index (χ4n) is 0.605. The van der Waals surface area contributed by atoms with E-state index >= 15 is 0 Å². The molecule has 0 atom stereocenters. The quantitative estimate of drug-likeness (QED) is 0.497. The Morgan fingerprint density at radius 3 is 3.00 bits per heavy atom. The zero-order valence-electron chi connectivity index (χ0n) is 6.69. The molecule has 0 N–H and O–H groups in total. The molecule has 4 heteroatoms. The number of carbonyl (C=O) groups is 1. The maximum atomic E-state index is 10.3. The van der Waals surface area contributed by atoms with E-state index in [2.05, 4.69) is 9.72 Å². The molecule has 0 unspecified atom stereocenters. The second-order valence-electron chi connectivity index (χ2n) is 2.07. The third-order valence-corrected chi connectivity index (χ3v) is 1.11. The number of carbonyl (C=O) groups excluding carboxylic acids is 1. The Hall–Kier alpha value is -1.58. The van der Waals surface area contributed by atoms with Crippen molar-refractivity contribution in [2.45, 2.75) is 6.92 Å². The van der Waals surface area contributed by atoms with Crippen molar-refractivity contribution in [3.05, 3.63) is 24.4 Å². The SMILES string of the molecule is CC(=O)OCOc1ccccn1. The number of rotatable bonds is 3. The highest BCUT2D eigenvalue weighted by Crippen LogP contribution is 2.02. The van der Waals surface area contributed by atoms with E-state index in [1.165, 1.54) is 6.92 Å². The number of aromatic nitrogens is 1. The van der Waals surface area contributed by atoms with E-state index in [4.69, 9.17) is 4.74 Å². The smallest absolute Gasteiger partial charge is 0.305 e. The molecule has 0 amide bonds. The second kappa shape index (κ2) is 4.33. The van der Waals surface area contributed by atoms with Crippen LogP contribution < -0.4 is 4.74 Å². The van der Waals surface area contributed by atoms with E-state index in [0.717, 1.165) is 0 Å². The van der Waals surface area contributed by atoms with Gasteiger partial charge < -0.3 is 9.47 Å². The second-order valence-corrected chi connectivity index (χ2v) is 2.07. The molecule has 0 bridgehead atoms. The molecule has 1 aromatic heterocycles. The predicted octanol–water partition coefficient (Wildman–Crippen LogP) is 0.981. The molecular weight excluding hydrogens is 158 g/mol. The fourth-order valence-corrected chi connectivity index (χ4v) is 0.605. The van der Waals surface area contributed by atoms with Crippen LogP contribution in [0.2, 0.25) is 0 Å². The number of ether oxygens (including phenoxy) is 2. The summed E-state index contributed by atoms with van der Waals surface area (Å²) < 4.78 is 9.51. The summed E-state index contributed by atoms with van der Waals surface area (Å²) in [6.45, 7) is 1.23. The number of pyridine rings is 1. The first-order valence-corrected chi connectivity index (χ1v) is 3.46. The zero-order valence-corrected chi connectivity index (χ0v) is 6.69. The first kappa shape index (κ1) is 8.52. The summed E-state index contributed by atoms with van der Waals surface area (Å²) in [6.07, 6.45) is 1.60. The van der Waals surface area contributed by atoms with Crippen molar-refractivity contribution < 1.29 is 14.3 Å². The molecule has 1 heterocycles. The molecular formula is C8H9NO3. The number of hydrogen-bond donors (Lipinski definition) is 0. The van der Waals surface area contributed by atoms with Gasteiger partial charge in [0, 0.05) is 19.2 Å². The summed E-state index contributed by atoms with van der Waals surface area (Å²) in [5.74, 6) is 0.0738. The van der Waals surface area contributed by atoms with Crippen LogP contribution in [-0.2, 0) is 9.53 Å². The van der Waals surface area contributed by atoms with Gasteiger partial charge >= 0.3 is 5.97 Å². The lowest BCUT2D eigenvalue weighted by atomic mass is 10.5. The van der Waals surface area contributed by atoms with Gasteiger partial charge in [0.05, 0.1) is 0 Å². The fraction of sp³-hybridized carbons (Fsp3) is 0.250. The lowest BCUT2D eigenvalue weighted by molar-refractivity contribution is -0.147. The standard InChI is InChI=1S/C8H9NO3/c1-7(10)11-6-12-8-4-2-3-5-9-8/h2-5H,6H2,1H3. The highest BCUT2D eigenvalue weighted by molar-refractivity contribution is 5.65. The molecule has 0 saturated carbocycles. The summed E-state index contributed by atoms with van der Waals surface area (Å²) in [4.78, 5) is 14.2. The first-order chi connectivity index (χ1) is 5.79. The molecule has 4 nitrogen and oxygen atoms in total. The van der Waals surface area contributed by atoms with Crippen LogP contribution in [0.1, 0.15) is 6.92 Å². The molecule has 0 aliphatic rings. The van der Waals surface area contributed by atoms with Crippen molar-refractivity contribution in [3.63, 3.8) is 0 Å². The van der Waals surface area contributed by atoms with E-state index in [1.54, 1.807) is 24.4 Å². The summed E-state index contributed by atoms with van der Waals surface area (Å²) >= 11 is 0. The first-order valence-electron chi connectivity index (χ1n) is 3.46. The Morgan fingerprint density at radius 1 is 1.58 bits per heavy atom. The van der Waals surface area contributed by atoms with Gasteiger partial charge in [-0.05, 0) is 6.07 Å². The monoisotopic (exact) mass is 167 g/mol. The topological polar surface area (TPSA) is 48.4 Å². The van der Waals surface area contributed by atoms with Gasteiger partial charge in [-0.2, -0.15) is 0 Å². The van der Waals surface area contributed by atoms with Crippen LogP contribution in [0.4, 0.5) is 0 Å². The van der Waals surface area contributed by atoms with Crippen molar-refractivity contribution in [2.75, 3.05) is 6.79 Å². The molecule has 0 fully saturated rings. The summed E-state index contributed by atoms with van der Waals surface area (Å²) in [7, 11) is 0. The van der Waals surface area contributed by atoms with Gasteiger partial charge in [-0.1, -0.05) is 6.07 Å². The van der Waals surface area contributed by atoms with Crippen LogP contribution >= 0.6 is 0 Å². The summed E-state index contributed by atoms with van der Waals surface area (Å²) in [5, 5.41) is 0. The highest BCUT2D eigenvalue weighted by Gasteiger charge is 1.94. The molecule has 12 heavy (non-hydrogen) atoms. The zero-order chi connectivity index (χ0) is 8.81. The maximum absolute atomic E-state index is 10.3. The molecule has 0 aliphatic heterocycles. The van der Waals surface area contributed by atoms with Gasteiger partial charge in [-0.3, -0.25) is 4.79 Å². The Morgan fingerprint density at radius 2 is 2.42 bits per heavy atom. The molecule has 0 aromatic carbocycles. The van der Waals surface area contributed by atoms with Crippen LogP contribution in [0.15, 0.2) is 24.4 Å². The van der Waals surface area contributed by atoms with Crippen molar-refractivity contribution in [1.82, 2.24) is 4.98 Å². The van der Waals surface area contributed by atoms with Gasteiger partial charge in [-0.25, -0.2) is 4.98 Å². The third kappa shape index (κ3) is 3.01. The van der Waals surface area contributed by atoms with Crippen molar-refractivity contribution in [3.8, 4) is 5.88 Å². The molecule has 0 radical (unpaired) electrons. The highest BCUT2D eigenvalue weighted by atomic mass is 16.7. The minimum atomic E-state index is -0.370. The predicted molar refractivity (Wildman–Crippen MR) is 41.5 cm³/mol. The molecule has 1 aromatic rings. The Bertz CT molecular complexity index is 248. The van der Waals surface area contributed by atoms with Crippen LogP contribution in [0.3, 0.4) is 0 Å². The van der Waals surface area contributed by atoms with Gasteiger partial charge in [0.2, 0.25) is 12.7 Å². The number of hydrogen-bond acceptors (Lipinski definition) is 4. The van der Waals surface area contributed by atoms with E-state index < -0.39 is 0 Å².